The quantitative estimate of drug-likeness (QED) is 0.556. The van der Waals surface area contributed by atoms with Crippen molar-refractivity contribution >= 4 is 23.6 Å². The number of halogens is 1. The van der Waals surface area contributed by atoms with Gasteiger partial charge in [-0.05, 0) is 55.7 Å². The van der Waals surface area contributed by atoms with Crippen LogP contribution in [0.4, 0.5) is 10.2 Å². The number of aromatic nitrogens is 1. The molecule has 1 aliphatic carbocycles. The summed E-state index contributed by atoms with van der Waals surface area (Å²) in [6, 6.07) is 11.3. The van der Waals surface area contributed by atoms with Crippen molar-refractivity contribution in [3.8, 4) is 0 Å². The van der Waals surface area contributed by atoms with Crippen molar-refractivity contribution in [2.75, 3.05) is 18.5 Å². The second-order valence-corrected chi connectivity index (χ2v) is 9.44. The molecular formula is C26H31FN4O4. The van der Waals surface area contributed by atoms with E-state index in [9.17, 15) is 18.8 Å². The smallest absolute Gasteiger partial charge is 0.337 e. The highest BCUT2D eigenvalue weighted by atomic mass is 19.1. The van der Waals surface area contributed by atoms with Crippen LogP contribution in [0.25, 0.3) is 0 Å². The zero-order valence-corrected chi connectivity index (χ0v) is 19.5. The van der Waals surface area contributed by atoms with Crippen LogP contribution >= 0.6 is 0 Å². The van der Waals surface area contributed by atoms with Gasteiger partial charge >= 0.3 is 5.97 Å². The fourth-order valence-corrected chi connectivity index (χ4v) is 5.36. The SMILES string of the molecule is NC(CF)C1CCC(C(=O)N2CC[C@H](c3ccccc3)[C@H]2C(=O)Nc2ccc(C(=O)O)cn2)CC1. The molecule has 1 aliphatic heterocycles. The van der Waals surface area contributed by atoms with Gasteiger partial charge in [0.1, 0.15) is 18.5 Å². The van der Waals surface area contributed by atoms with Gasteiger partial charge in [0.05, 0.1) is 5.56 Å². The van der Waals surface area contributed by atoms with E-state index < -0.39 is 24.7 Å². The van der Waals surface area contributed by atoms with Crippen LogP contribution in [0.15, 0.2) is 48.7 Å². The van der Waals surface area contributed by atoms with E-state index in [4.69, 9.17) is 10.8 Å². The molecular weight excluding hydrogens is 451 g/mol. The Morgan fingerprint density at radius 1 is 1.09 bits per heavy atom. The number of carboxylic acids is 1. The van der Waals surface area contributed by atoms with Crippen molar-refractivity contribution in [1.29, 1.82) is 0 Å². The molecule has 0 radical (unpaired) electrons. The number of hydrogen-bond acceptors (Lipinski definition) is 5. The third kappa shape index (κ3) is 5.51. The monoisotopic (exact) mass is 482 g/mol. The number of nitrogens with zero attached hydrogens (tertiary/aromatic N) is 2. The molecule has 4 rings (SSSR count). The van der Waals surface area contributed by atoms with E-state index in [1.54, 1.807) is 4.90 Å². The fourth-order valence-electron chi connectivity index (χ4n) is 5.36. The van der Waals surface area contributed by atoms with Crippen molar-refractivity contribution in [2.45, 2.75) is 50.1 Å². The summed E-state index contributed by atoms with van der Waals surface area (Å²) in [5.74, 6) is -1.58. The van der Waals surface area contributed by atoms with Gasteiger partial charge in [0, 0.05) is 30.6 Å². The Bertz CT molecular complexity index is 1040. The Morgan fingerprint density at radius 3 is 2.40 bits per heavy atom. The van der Waals surface area contributed by atoms with E-state index in [1.807, 2.05) is 30.3 Å². The first-order valence-electron chi connectivity index (χ1n) is 12.1. The van der Waals surface area contributed by atoms with Gasteiger partial charge in [0.15, 0.2) is 0 Å². The van der Waals surface area contributed by atoms with Crippen LogP contribution in [0.3, 0.4) is 0 Å². The number of nitrogens with one attached hydrogen (secondary N) is 1. The first-order chi connectivity index (χ1) is 16.9. The second kappa shape index (κ2) is 10.9. The molecule has 1 aromatic heterocycles. The van der Waals surface area contributed by atoms with E-state index in [1.165, 1.54) is 18.3 Å². The lowest BCUT2D eigenvalue weighted by molar-refractivity contribution is -0.141. The zero-order chi connectivity index (χ0) is 24.9. The highest BCUT2D eigenvalue weighted by Crippen LogP contribution is 2.38. The molecule has 2 heterocycles. The van der Waals surface area contributed by atoms with E-state index in [-0.39, 0.29) is 40.9 Å². The number of anilines is 1. The molecule has 0 bridgehead atoms. The van der Waals surface area contributed by atoms with Gasteiger partial charge < -0.3 is 21.1 Å². The average Bonchev–Trinajstić information content (AvgIpc) is 3.34. The number of hydrogen-bond donors (Lipinski definition) is 3. The predicted molar refractivity (Wildman–Crippen MR) is 129 cm³/mol. The molecule has 9 heteroatoms. The molecule has 2 amide bonds. The maximum atomic E-state index is 13.6. The van der Waals surface area contributed by atoms with E-state index in [0.29, 0.717) is 38.6 Å². The molecule has 35 heavy (non-hydrogen) atoms. The lowest BCUT2D eigenvalue weighted by Gasteiger charge is -2.34. The normalized spacial score (nSPS) is 25.1. The summed E-state index contributed by atoms with van der Waals surface area (Å²) in [7, 11) is 0. The number of likely N-dealkylation sites (tertiary alicyclic amines) is 1. The highest BCUT2D eigenvalue weighted by molar-refractivity contribution is 5.98. The van der Waals surface area contributed by atoms with Gasteiger partial charge in [-0.2, -0.15) is 0 Å². The van der Waals surface area contributed by atoms with Crippen LogP contribution in [-0.4, -0.2) is 58.1 Å². The molecule has 4 N–H and O–H groups in total. The Morgan fingerprint density at radius 2 is 1.80 bits per heavy atom. The Balaban J connectivity index is 1.52. The molecule has 1 aromatic carbocycles. The molecule has 8 nitrogen and oxygen atoms in total. The third-order valence-corrected chi connectivity index (χ3v) is 7.34. The number of carboxylic acid groups (broad SMARTS) is 1. The standard InChI is InChI=1S/C26H31FN4O4/c27-14-21(28)17-6-8-18(9-7-17)25(33)31-13-12-20(16-4-2-1-3-5-16)23(31)24(32)30-22-11-10-19(15-29-22)26(34)35/h1-5,10-11,15,17-18,20-21,23H,6-9,12-14,28H2,(H,34,35)(H,29,30,32)/t17?,18?,20-,21?,23+/m1/s1. The summed E-state index contributed by atoms with van der Waals surface area (Å²) < 4.78 is 13.0. The maximum absolute atomic E-state index is 13.6. The number of rotatable bonds is 7. The van der Waals surface area contributed by atoms with Gasteiger partial charge in [-0.1, -0.05) is 30.3 Å². The molecule has 2 fully saturated rings. The van der Waals surface area contributed by atoms with Gasteiger partial charge in [-0.25, -0.2) is 14.2 Å². The third-order valence-electron chi connectivity index (χ3n) is 7.34. The fraction of sp³-hybridized carbons (Fsp3) is 0.462. The van der Waals surface area contributed by atoms with Crippen molar-refractivity contribution < 1.29 is 23.9 Å². The number of aromatic carboxylic acids is 1. The predicted octanol–water partition coefficient (Wildman–Crippen LogP) is 3.21. The minimum Gasteiger partial charge on any atom is -0.478 e. The summed E-state index contributed by atoms with van der Waals surface area (Å²) in [6.45, 7) is -0.0936. The van der Waals surface area contributed by atoms with E-state index in [0.717, 1.165) is 5.56 Å². The van der Waals surface area contributed by atoms with Crippen molar-refractivity contribution in [2.24, 2.45) is 17.6 Å². The van der Waals surface area contributed by atoms with Gasteiger partial charge in [-0.15, -0.1) is 0 Å². The molecule has 0 spiro atoms. The van der Waals surface area contributed by atoms with Crippen LogP contribution in [0.1, 0.15) is 53.9 Å². The summed E-state index contributed by atoms with van der Waals surface area (Å²) in [6.07, 6.45) is 4.51. The Hall–Kier alpha value is -3.33. The van der Waals surface area contributed by atoms with Gasteiger partial charge in [0.25, 0.3) is 0 Å². The maximum Gasteiger partial charge on any atom is 0.337 e. The van der Waals surface area contributed by atoms with Gasteiger partial charge in [0.2, 0.25) is 11.8 Å². The first-order valence-corrected chi connectivity index (χ1v) is 12.1. The molecule has 1 saturated carbocycles. The number of alkyl halides is 1. The molecule has 1 unspecified atom stereocenters. The first kappa shape index (κ1) is 24.8. The van der Waals surface area contributed by atoms with Crippen LogP contribution in [0, 0.1) is 11.8 Å². The minimum atomic E-state index is -1.10. The number of carbonyl (C=O) groups excluding carboxylic acids is 2. The van der Waals surface area contributed by atoms with E-state index in [2.05, 4.69) is 10.3 Å². The zero-order valence-electron chi connectivity index (χ0n) is 19.5. The lowest BCUT2D eigenvalue weighted by atomic mass is 9.78. The lowest BCUT2D eigenvalue weighted by Crippen LogP contribution is -2.48. The summed E-state index contributed by atoms with van der Waals surface area (Å²) in [5, 5.41) is 11.8. The summed E-state index contributed by atoms with van der Waals surface area (Å²) in [5.41, 5.74) is 6.87. The van der Waals surface area contributed by atoms with Crippen molar-refractivity contribution in [1.82, 2.24) is 9.88 Å². The van der Waals surface area contributed by atoms with E-state index >= 15 is 0 Å². The molecule has 2 aromatic rings. The van der Waals surface area contributed by atoms with Crippen LogP contribution < -0.4 is 11.1 Å². The highest BCUT2D eigenvalue weighted by Gasteiger charge is 2.44. The van der Waals surface area contributed by atoms with Crippen LogP contribution in [-0.2, 0) is 9.59 Å². The van der Waals surface area contributed by atoms with Crippen molar-refractivity contribution in [3.05, 3.63) is 59.8 Å². The average molecular weight is 483 g/mol. The molecule has 3 atom stereocenters. The Kier molecular flexibility index (Phi) is 7.75. The molecule has 186 valence electrons. The summed E-state index contributed by atoms with van der Waals surface area (Å²) in [4.78, 5) is 43.9. The number of benzene rings is 1. The molecule has 2 aliphatic rings. The summed E-state index contributed by atoms with van der Waals surface area (Å²) >= 11 is 0. The second-order valence-electron chi connectivity index (χ2n) is 9.44. The number of pyridine rings is 1. The van der Waals surface area contributed by atoms with Crippen LogP contribution in [0.2, 0.25) is 0 Å². The minimum absolute atomic E-state index is 0.0194. The number of amides is 2. The van der Waals surface area contributed by atoms with Gasteiger partial charge in [-0.3, -0.25) is 9.59 Å². The Labute approximate surface area is 203 Å². The van der Waals surface area contributed by atoms with Crippen molar-refractivity contribution in [3.63, 3.8) is 0 Å². The molecule has 1 saturated heterocycles. The number of carbonyl (C=O) groups is 3. The topological polar surface area (TPSA) is 126 Å². The van der Waals surface area contributed by atoms with Crippen LogP contribution in [0.5, 0.6) is 0 Å². The number of nitrogens with two attached hydrogens (primary N) is 1. The largest absolute Gasteiger partial charge is 0.478 e.